The van der Waals surface area contributed by atoms with E-state index in [1.54, 1.807) is 12.4 Å². The third-order valence-corrected chi connectivity index (χ3v) is 6.11. The summed E-state index contributed by atoms with van der Waals surface area (Å²) in [6.45, 7) is 8.80. The summed E-state index contributed by atoms with van der Waals surface area (Å²) < 4.78 is 1.83. The highest BCUT2D eigenvalue weighted by Crippen LogP contribution is 2.31. The summed E-state index contributed by atoms with van der Waals surface area (Å²) in [4.78, 5) is 13.7. The second-order valence-corrected chi connectivity index (χ2v) is 8.06. The minimum absolute atomic E-state index is 0.0710. The maximum absolute atomic E-state index is 11.4. The lowest BCUT2D eigenvalue weighted by Gasteiger charge is -2.20. The predicted octanol–water partition coefficient (Wildman–Crippen LogP) is 4.28. The maximum Gasteiger partial charge on any atom is 0.240 e. The van der Waals surface area contributed by atoms with Gasteiger partial charge in [0.05, 0.1) is 29.2 Å². The Labute approximate surface area is 199 Å². The average molecular weight is 459 g/mol. The molecule has 0 fully saturated rings. The van der Waals surface area contributed by atoms with Crippen LogP contribution in [0.3, 0.4) is 0 Å². The van der Waals surface area contributed by atoms with Crippen molar-refractivity contribution in [2.24, 2.45) is 15.3 Å². The van der Waals surface area contributed by atoms with Gasteiger partial charge in [0.25, 0.3) is 0 Å². The van der Waals surface area contributed by atoms with Gasteiger partial charge in [-0.05, 0) is 50.1 Å². The van der Waals surface area contributed by atoms with E-state index in [4.69, 9.17) is 0 Å². The fourth-order valence-electron chi connectivity index (χ4n) is 4.22. The minimum atomic E-state index is -0.0710. The van der Waals surface area contributed by atoms with Crippen LogP contribution in [0.4, 0.5) is 5.69 Å². The van der Waals surface area contributed by atoms with E-state index in [0.29, 0.717) is 24.9 Å². The van der Waals surface area contributed by atoms with Crippen molar-refractivity contribution in [2.45, 2.75) is 40.2 Å². The molecule has 0 saturated carbocycles. The molecule has 176 valence electrons. The van der Waals surface area contributed by atoms with E-state index in [1.807, 2.05) is 41.8 Å². The van der Waals surface area contributed by atoms with Crippen molar-refractivity contribution >= 4 is 40.6 Å². The predicted molar refractivity (Wildman–Crippen MR) is 138 cm³/mol. The first-order valence-electron chi connectivity index (χ1n) is 11.7. The molecule has 34 heavy (non-hydrogen) atoms. The van der Waals surface area contributed by atoms with Crippen LogP contribution in [0.2, 0.25) is 0 Å². The normalized spacial score (nSPS) is 14.2. The van der Waals surface area contributed by atoms with Crippen molar-refractivity contribution in [3.8, 4) is 5.88 Å². The molecule has 8 nitrogen and oxygen atoms in total. The molecule has 0 atom stereocenters. The molecule has 0 spiro atoms. The van der Waals surface area contributed by atoms with Gasteiger partial charge in [-0.15, -0.1) is 0 Å². The number of aryl methyl sites for hydroxylation is 1. The zero-order valence-electron chi connectivity index (χ0n) is 19.8. The minimum Gasteiger partial charge on any atom is -0.494 e. The summed E-state index contributed by atoms with van der Waals surface area (Å²) in [6.07, 6.45) is 4.30. The van der Waals surface area contributed by atoms with Crippen LogP contribution >= 0.6 is 0 Å². The number of amides is 1. The number of rotatable bonds is 8. The molecular formula is C26H30N6O2. The van der Waals surface area contributed by atoms with Gasteiger partial charge in [-0.1, -0.05) is 24.3 Å². The third kappa shape index (κ3) is 4.71. The number of hydrazone groups is 1. The average Bonchev–Trinajstić information content (AvgIpc) is 3.13. The lowest BCUT2D eigenvalue weighted by atomic mass is 10.0. The van der Waals surface area contributed by atoms with Gasteiger partial charge in [0.2, 0.25) is 11.8 Å². The van der Waals surface area contributed by atoms with Gasteiger partial charge in [-0.25, -0.2) is 5.43 Å². The smallest absolute Gasteiger partial charge is 0.240 e. The summed E-state index contributed by atoms with van der Waals surface area (Å²) >= 11 is 0. The Morgan fingerprint density at radius 2 is 1.79 bits per heavy atom. The number of carbonyl (C=O) groups excluding carboxylic acids is 1. The molecule has 2 aromatic carbocycles. The summed E-state index contributed by atoms with van der Waals surface area (Å²) in [5.74, 6) is 0.0781. The van der Waals surface area contributed by atoms with Gasteiger partial charge >= 0.3 is 0 Å². The fourth-order valence-corrected chi connectivity index (χ4v) is 4.22. The van der Waals surface area contributed by atoms with Gasteiger partial charge in [-0.3, -0.25) is 4.79 Å². The van der Waals surface area contributed by atoms with Gasteiger partial charge in [-0.2, -0.15) is 15.3 Å². The van der Waals surface area contributed by atoms with Crippen LogP contribution in [0.15, 0.2) is 57.8 Å². The molecule has 1 aromatic heterocycles. The molecule has 0 aliphatic carbocycles. The number of anilines is 1. The van der Waals surface area contributed by atoms with E-state index in [9.17, 15) is 9.90 Å². The number of aromatic hydroxyl groups is 1. The van der Waals surface area contributed by atoms with Crippen LogP contribution < -0.4 is 10.3 Å². The van der Waals surface area contributed by atoms with Crippen LogP contribution in [-0.4, -0.2) is 46.8 Å². The van der Waals surface area contributed by atoms with Crippen molar-refractivity contribution < 1.29 is 9.90 Å². The Hall–Kier alpha value is -3.94. The highest BCUT2D eigenvalue weighted by atomic mass is 16.3. The molecule has 3 aromatic rings. The molecular weight excluding hydrogens is 428 g/mol. The molecule has 0 bridgehead atoms. The van der Waals surface area contributed by atoms with Gasteiger partial charge in [0.15, 0.2) is 0 Å². The van der Waals surface area contributed by atoms with Gasteiger partial charge in [0.1, 0.15) is 0 Å². The van der Waals surface area contributed by atoms with Crippen LogP contribution in [0.5, 0.6) is 5.88 Å². The second-order valence-electron chi connectivity index (χ2n) is 8.06. The first-order valence-corrected chi connectivity index (χ1v) is 11.7. The van der Waals surface area contributed by atoms with Gasteiger partial charge < -0.3 is 14.6 Å². The molecule has 0 unspecified atom stereocenters. The molecule has 1 aliphatic rings. The first kappa shape index (κ1) is 23.2. The number of hydrogen-bond acceptors (Lipinski definition) is 6. The van der Waals surface area contributed by atoms with Crippen LogP contribution in [0.25, 0.3) is 10.9 Å². The zero-order chi connectivity index (χ0) is 24.1. The highest BCUT2D eigenvalue weighted by molar-refractivity contribution is 6.09. The highest BCUT2D eigenvalue weighted by Gasteiger charge is 2.18. The van der Waals surface area contributed by atoms with E-state index >= 15 is 0 Å². The molecule has 0 saturated heterocycles. The van der Waals surface area contributed by atoms with E-state index in [0.717, 1.165) is 40.8 Å². The molecule has 4 rings (SSSR count). The van der Waals surface area contributed by atoms with E-state index in [2.05, 4.69) is 51.6 Å². The summed E-state index contributed by atoms with van der Waals surface area (Å²) in [7, 11) is 0. The zero-order valence-corrected chi connectivity index (χ0v) is 19.8. The summed E-state index contributed by atoms with van der Waals surface area (Å²) in [5, 5.41) is 24.3. The molecule has 8 heteroatoms. The Morgan fingerprint density at radius 3 is 2.44 bits per heavy atom. The van der Waals surface area contributed by atoms with E-state index in [1.165, 1.54) is 5.69 Å². The SMILES string of the molecule is CCN(CC)c1ccc(/C=N/N=Cc2c(O)n(CC)c3cc(C4=NNC(=O)CC4)ccc23)cc1. The fraction of sp³-hybridized carbons (Fsp3) is 0.308. The molecule has 2 N–H and O–H groups in total. The Bertz CT molecular complexity index is 1270. The van der Waals surface area contributed by atoms with Crippen molar-refractivity contribution in [3.63, 3.8) is 0 Å². The van der Waals surface area contributed by atoms with Crippen molar-refractivity contribution in [1.29, 1.82) is 0 Å². The van der Waals surface area contributed by atoms with Crippen LogP contribution in [0, 0.1) is 0 Å². The Balaban J connectivity index is 1.57. The van der Waals surface area contributed by atoms with E-state index < -0.39 is 0 Å². The molecule has 2 heterocycles. The Morgan fingerprint density at radius 1 is 1.06 bits per heavy atom. The lowest BCUT2D eigenvalue weighted by Crippen LogP contribution is -2.25. The number of fused-ring (bicyclic) bond motifs is 1. The largest absolute Gasteiger partial charge is 0.494 e. The van der Waals surface area contributed by atoms with Gasteiger partial charge in [0, 0.05) is 43.5 Å². The Kier molecular flexibility index (Phi) is 7.06. The molecule has 0 radical (unpaired) electrons. The van der Waals surface area contributed by atoms with E-state index in [-0.39, 0.29) is 11.8 Å². The third-order valence-electron chi connectivity index (χ3n) is 6.11. The quantitative estimate of drug-likeness (QED) is 0.390. The molecule has 1 aliphatic heterocycles. The first-order chi connectivity index (χ1) is 16.5. The summed E-state index contributed by atoms with van der Waals surface area (Å²) in [6, 6.07) is 14.1. The van der Waals surface area contributed by atoms with Crippen LogP contribution in [0.1, 0.15) is 50.3 Å². The lowest BCUT2D eigenvalue weighted by molar-refractivity contribution is -0.121. The topological polar surface area (TPSA) is 94.6 Å². The monoisotopic (exact) mass is 458 g/mol. The van der Waals surface area contributed by atoms with Crippen LogP contribution in [-0.2, 0) is 11.3 Å². The number of nitrogens with zero attached hydrogens (tertiary/aromatic N) is 5. The van der Waals surface area contributed by atoms with Crippen molar-refractivity contribution in [3.05, 3.63) is 59.2 Å². The number of hydrogen-bond donors (Lipinski definition) is 2. The molecule has 1 amide bonds. The van der Waals surface area contributed by atoms with Crippen molar-refractivity contribution in [1.82, 2.24) is 9.99 Å². The summed E-state index contributed by atoms with van der Waals surface area (Å²) in [5.41, 5.74) is 7.94. The maximum atomic E-state index is 11.4. The number of carbonyl (C=O) groups is 1. The number of benzene rings is 2. The standard InChI is InChI=1S/C26H30N6O2/c1-4-31(5-2)20-10-7-18(8-11-20)16-27-28-17-22-21-12-9-19(23-13-14-25(33)30-29-23)15-24(21)32(6-3)26(22)34/h7-12,15-17,34H,4-6,13-14H2,1-3H3,(H,30,33)/b27-16+,28-17?. The van der Waals surface area contributed by atoms with Crippen molar-refractivity contribution in [2.75, 3.05) is 18.0 Å². The second kappa shape index (κ2) is 10.3. The number of nitrogens with one attached hydrogen (secondary N) is 1. The number of aromatic nitrogens is 1.